The van der Waals surface area contributed by atoms with Crippen LogP contribution in [0.2, 0.25) is 0 Å². The predicted molar refractivity (Wildman–Crippen MR) is 129 cm³/mol. The number of carbonyl (C=O) groups excluding carboxylic acids is 2. The first-order valence-corrected chi connectivity index (χ1v) is 11.5. The zero-order valence-electron chi connectivity index (χ0n) is 19.8. The minimum atomic E-state index is -0.239. The second-order valence-electron chi connectivity index (χ2n) is 9.13. The van der Waals surface area contributed by atoms with Crippen LogP contribution in [0.4, 0.5) is 5.69 Å². The second-order valence-corrected chi connectivity index (χ2v) is 9.13. The van der Waals surface area contributed by atoms with Crippen molar-refractivity contribution in [1.29, 1.82) is 0 Å². The number of imide groups is 1. The molecule has 1 saturated heterocycles. The van der Waals surface area contributed by atoms with Gasteiger partial charge < -0.3 is 9.80 Å². The Balaban J connectivity index is 1.79. The van der Waals surface area contributed by atoms with Crippen molar-refractivity contribution in [2.24, 2.45) is 0 Å². The first kappa shape index (κ1) is 22.3. The van der Waals surface area contributed by atoms with Crippen molar-refractivity contribution in [3.8, 4) is 0 Å². The quantitative estimate of drug-likeness (QED) is 0.667. The Morgan fingerprint density at radius 2 is 1.59 bits per heavy atom. The van der Waals surface area contributed by atoms with Crippen molar-refractivity contribution < 1.29 is 9.59 Å². The fraction of sp³-hybridized carbons (Fsp3) is 0.407. The molecule has 0 N–H and O–H groups in total. The summed E-state index contributed by atoms with van der Waals surface area (Å²) in [4.78, 5) is 33.2. The highest BCUT2D eigenvalue weighted by molar-refractivity contribution is 6.45. The molecule has 2 aromatic rings. The van der Waals surface area contributed by atoms with Crippen LogP contribution in [0.25, 0.3) is 5.57 Å². The number of anilines is 1. The monoisotopic (exact) mass is 431 g/mol. The summed E-state index contributed by atoms with van der Waals surface area (Å²) in [5, 5.41) is 0. The maximum atomic E-state index is 13.8. The Morgan fingerprint density at radius 1 is 0.938 bits per heavy atom. The molecular formula is C27H33N3O2. The average Bonchev–Trinajstić information content (AvgIpc) is 3.05. The molecule has 0 aromatic heterocycles. The molecule has 0 unspecified atom stereocenters. The number of hydrogen-bond acceptors (Lipinski definition) is 4. The normalized spacial score (nSPS) is 18.1. The Bertz CT molecular complexity index is 1060. The smallest absolute Gasteiger partial charge is 0.282 e. The number of amides is 2. The number of aryl methyl sites for hydroxylation is 3. The number of piperidine rings is 1. The van der Waals surface area contributed by atoms with E-state index in [1.54, 1.807) is 0 Å². The molecule has 5 heteroatoms. The molecule has 2 amide bonds. The lowest BCUT2D eigenvalue weighted by molar-refractivity contribution is -0.120. The zero-order valence-corrected chi connectivity index (χ0v) is 19.8. The van der Waals surface area contributed by atoms with Gasteiger partial charge in [-0.05, 0) is 87.6 Å². The number of benzene rings is 2. The first-order valence-electron chi connectivity index (χ1n) is 11.5. The van der Waals surface area contributed by atoms with Crippen LogP contribution >= 0.6 is 0 Å². The van der Waals surface area contributed by atoms with Gasteiger partial charge in [0, 0.05) is 13.1 Å². The molecule has 2 aliphatic heterocycles. The molecule has 0 spiro atoms. The van der Waals surface area contributed by atoms with E-state index in [9.17, 15) is 9.59 Å². The number of hydrogen-bond donors (Lipinski definition) is 0. The minimum Gasteiger partial charge on any atom is -0.366 e. The van der Waals surface area contributed by atoms with Crippen LogP contribution in [0, 0.1) is 13.8 Å². The molecule has 4 rings (SSSR count). The van der Waals surface area contributed by atoms with E-state index in [1.165, 1.54) is 16.0 Å². The Hall–Kier alpha value is -2.92. The lowest BCUT2D eigenvalue weighted by atomic mass is 9.97. The highest BCUT2D eigenvalue weighted by atomic mass is 16.2. The largest absolute Gasteiger partial charge is 0.366 e. The van der Waals surface area contributed by atoms with E-state index in [-0.39, 0.29) is 17.9 Å². The van der Waals surface area contributed by atoms with Gasteiger partial charge >= 0.3 is 0 Å². The number of rotatable bonds is 5. The number of likely N-dealkylation sites (N-methyl/N-ethyl adjacent to an activating group) is 1. The van der Waals surface area contributed by atoms with E-state index in [1.807, 2.05) is 56.4 Å². The van der Waals surface area contributed by atoms with E-state index >= 15 is 0 Å². The second kappa shape index (κ2) is 8.91. The molecule has 0 radical (unpaired) electrons. The van der Waals surface area contributed by atoms with Crippen LogP contribution in [0.5, 0.6) is 0 Å². The maximum absolute atomic E-state index is 13.8. The fourth-order valence-corrected chi connectivity index (χ4v) is 4.68. The molecule has 168 valence electrons. The lowest BCUT2D eigenvalue weighted by Gasteiger charge is -2.36. The van der Waals surface area contributed by atoms with Crippen LogP contribution in [0.1, 0.15) is 42.0 Å². The van der Waals surface area contributed by atoms with E-state index < -0.39 is 0 Å². The van der Waals surface area contributed by atoms with Gasteiger partial charge in [0.1, 0.15) is 5.70 Å². The third-order valence-corrected chi connectivity index (χ3v) is 7.05. The molecule has 2 aliphatic rings. The van der Waals surface area contributed by atoms with Crippen LogP contribution in [-0.2, 0) is 16.0 Å². The highest BCUT2D eigenvalue weighted by Crippen LogP contribution is 2.36. The minimum absolute atomic E-state index is 0.228. The fourth-order valence-electron chi connectivity index (χ4n) is 4.68. The van der Waals surface area contributed by atoms with Crippen molar-refractivity contribution in [3.05, 3.63) is 70.4 Å². The van der Waals surface area contributed by atoms with Gasteiger partial charge in [-0.15, -0.1) is 0 Å². The molecule has 0 saturated carbocycles. The van der Waals surface area contributed by atoms with E-state index in [2.05, 4.69) is 30.7 Å². The van der Waals surface area contributed by atoms with Crippen molar-refractivity contribution in [3.63, 3.8) is 0 Å². The van der Waals surface area contributed by atoms with Crippen LogP contribution in [0.15, 0.2) is 48.2 Å². The van der Waals surface area contributed by atoms with E-state index in [0.29, 0.717) is 17.0 Å². The molecule has 0 aliphatic carbocycles. The molecule has 0 bridgehead atoms. The zero-order chi connectivity index (χ0) is 23.0. The topological polar surface area (TPSA) is 43.9 Å². The Kier molecular flexibility index (Phi) is 6.20. The van der Waals surface area contributed by atoms with Crippen molar-refractivity contribution >= 4 is 23.1 Å². The summed E-state index contributed by atoms with van der Waals surface area (Å²) in [6, 6.07) is 14.0. The molecule has 32 heavy (non-hydrogen) atoms. The first-order chi connectivity index (χ1) is 15.3. The highest BCUT2D eigenvalue weighted by Gasteiger charge is 2.43. The SMILES string of the molecule is CCc1ccc(N2C(=O)C(c3ccc(C)c(C)c3)=C(N(C)C3CCN(C)CC3)C2=O)cc1. The van der Waals surface area contributed by atoms with Crippen molar-refractivity contribution in [1.82, 2.24) is 9.80 Å². The summed E-state index contributed by atoms with van der Waals surface area (Å²) >= 11 is 0. The average molecular weight is 432 g/mol. The Morgan fingerprint density at radius 3 is 2.19 bits per heavy atom. The van der Waals surface area contributed by atoms with Gasteiger partial charge in [-0.3, -0.25) is 9.59 Å². The van der Waals surface area contributed by atoms with Gasteiger partial charge in [0.15, 0.2) is 0 Å². The molecule has 5 nitrogen and oxygen atoms in total. The van der Waals surface area contributed by atoms with E-state index in [4.69, 9.17) is 0 Å². The Labute approximate surface area is 191 Å². The maximum Gasteiger partial charge on any atom is 0.282 e. The van der Waals surface area contributed by atoms with E-state index in [0.717, 1.165) is 43.5 Å². The van der Waals surface area contributed by atoms with Gasteiger partial charge in [0.05, 0.1) is 11.3 Å². The molecule has 2 aromatic carbocycles. The summed E-state index contributed by atoms with van der Waals surface area (Å²) in [5.74, 6) is -0.466. The summed E-state index contributed by atoms with van der Waals surface area (Å²) in [6.07, 6.45) is 2.87. The third kappa shape index (κ3) is 3.97. The number of likely N-dealkylation sites (tertiary alicyclic amines) is 1. The summed E-state index contributed by atoms with van der Waals surface area (Å²) in [5.41, 5.74) is 5.94. The lowest BCUT2D eigenvalue weighted by Crippen LogP contribution is -2.43. The summed E-state index contributed by atoms with van der Waals surface area (Å²) in [6.45, 7) is 8.18. The molecule has 1 fully saturated rings. The van der Waals surface area contributed by atoms with Gasteiger partial charge in [0.2, 0.25) is 0 Å². The van der Waals surface area contributed by atoms with Gasteiger partial charge in [-0.25, -0.2) is 4.90 Å². The van der Waals surface area contributed by atoms with Crippen LogP contribution < -0.4 is 4.90 Å². The number of nitrogens with zero attached hydrogens (tertiary/aromatic N) is 3. The van der Waals surface area contributed by atoms with Gasteiger partial charge in [-0.1, -0.05) is 37.3 Å². The summed E-state index contributed by atoms with van der Waals surface area (Å²) < 4.78 is 0. The van der Waals surface area contributed by atoms with Gasteiger partial charge in [-0.2, -0.15) is 0 Å². The molecule has 0 atom stereocenters. The van der Waals surface area contributed by atoms with Crippen molar-refractivity contribution in [2.75, 3.05) is 32.1 Å². The number of carbonyl (C=O) groups is 2. The van der Waals surface area contributed by atoms with Crippen LogP contribution in [0.3, 0.4) is 0 Å². The van der Waals surface area contributed by atoms with Gasteiger partial charge in [0.25, 0.3) is 11.8 Å². The molecule has 2 heterocycles. The molecular weight excluding hydrogens is 398 g/mol. The summed E-state index contributed by atoms with van der Waals surface area (Å²) in [7, 11) is 4.10. The predicted octanol–water partition coefficient (Wildman–Crippen LogP) is 4.18. The van der Waals surface area contributed by atoms with Crippen molar-refractivity contribution in [2.45, 2.75) is 46.1 Å². The van der Waals surface area contributed by atoms with Crippen LogP contribution in [-0.4, -0.2) is 54.8 Å². The standard InChI is InChI=1S/C27H33N3O2/c1-6-20-8-11-23(12-9-20)30-26(31)24(21-10-7-18(2)19(3)17-21)25(27(30)32)29(5)22-13-15-28(4)16-14-22/h7-12,17,22H,6,13-16H2,1-5H3. The third-order valence-electron chi connectivity index (χ3n) is 7.05.